The van der Waals surface area contributed by atoms with Crippen LogP contribution in [0.5, 0.6) is 0 Å². The third-order valence-corrected chi connectivity index (χ3v) is 4.23. The van der Waals surface area contributed by atoms with Crippen molar-refractivity contribution in [1.82, 2.24) is 4.31 Å². The summed E-state index contributed by atoms with van der Waals surface area (Å²) in [5.41, 5.74) is -0.253. The normalized spacial score (nSPS) is 13.1. The molecule has 0 spiro atoms. The summed E-state index contributed by atoms with van der Waals surface area (Å²) in [7, 11) is -0.813. The van der Waals surface area contributed by atoms with Crippen LogP contribution in [0.15, 0.2) is 15.6 Å². The van der Waals surface area contributed by atoms with Crippen molar-refractivity contribution in [2.24, 2.45) is 5.41 Å². The van der Waals surface area contributed by atoms with E-state index in [1.165, 1.54) is 20.2 Å². The van der Waals surface area contributed by atoms with Gasteiger partial charge in [-0.3, -0.25) is 4.79 Å². The second kappa shape index (κ2) is 4.51. The summed E-state index contributed by atoms with van der Waals surface area (Å²) in [6, 6.07) is 1.30. The number of rotatable bonds is 3. The van der Waals surface area contributed by atoms with E-state index in [-0.39, 0.29) is 10.9 Å². The molecule has 6 heteroatoms. The van der Waals surface area contributed by atoms with Crippen molar-refractivity contribution in [3.05, 3.63) is 17.4 Å². The van der Waals surface area contributed by atoms with Crippen molar-refractivity contribution in [1.29, 1.82) is 0 Å². The molecule has 0 fully saturated rings. The monoisotopic (exact) mass is 273 g/mol. The van der Waals surface area contributed by atoms with Crippen LogP contribution in [0, 0.1) is 12.3 Å². The topological polar surface area (TPSA) is 67.6 Å². The molecule has 0 bridgehead atoms. The lowest BCUT2D eigenvalue weighted by atomic mass is 9.87. The molecular weight excluding hydrogens is 254 g/mol. The van der Waals surface area contributed by atoms with Crippen LogP contribution in [-0.2, 0) is 10.0 Å². The van der Waals surface area contributed by atoms with E-state index in [0.717, 1.165) is 4.31 Å². The van der Waals surface area contributed by atoms with Crippen LogP contribution in [-0.4, -0.2) is 32.6 Å². The summed E-state index contributed by atoms with van der Waals surface area (Å²) in [6.07, 6.45) is 0. The Balaban J connectivity index is 3.31. The molecule has 0 saturated heterocycles. The summed E-state index contributed by atoms with van der Waals surface area (Å²) >= 11 is 0. The van der Waals surface area contributed by atoms with Crippen molar-refractivity contribution < 1.29 is 17.6 Å². The summed E-state index contributed by atoms with van der Waals surface area (Å²) in [5, 5.41) is -0.197. The highest BCUT2D eigenvalue weighted by molar-refractivity contribution is 7.88. The van der Waals surface area contributed by atoms with Gasteiger partial charge in [0.1, 0.15) is 5.76 Å². The number of carbonyl (C=O) groups excluding carboxylic acids is 1. The van der Waals surface area contributed by atoms with Gasteiger partial charge in [0.05, 0.1) is 5.56 Å². The number of nitrogens with zero attached hydrogens (tertiary/aromatic N) is 1. The van der Waals surface area contributed by atoms with Gasteiger partial charge < -0.3 is 4.42 Å². The SMILES string of the molecule is Cc1oc(S(=O)(=O)N(C)C)cc1C(=O)C(C)(C)C. The number of sulfonamides is 1. The Kier molecular flexibility index (Phi) is 3.74. The van der Waals surface area contributed by atoms with Crippen molar-refractivity contribution in [3.8, 4) is 0 Å². The van der Waals surface area contributed by atoms with E-state index in [9.17, 15) is 13.2 Å². The highest BCUT2D eigenvalue weighted by Gasteiger charge is 2.30. The minimum Gasteiger partial charge on any atom is -0.448 e. The number of furan rings is 1. The zero-order valence-corrected chi connectivity index (χ0v) is 12.4. The molecule has 0 saturated carbocycles. The molecule has 102 valence electrons. The summed E-state index contributed by atoms with van der Waals surface area (Å²) in [4.78, 5) is 12.1. The molecule has 0 atom stereocenters. The van der Waals surface area contributed by atoms with Gasteiger partial charge in [0.15, 0.2) is 5.78 Å². The fraction of sp³-hybridized carbons (Fsp3) is 0.583. The van der Waals surface area contributed by atoms with Crippen molar-refractivity contribution >= 4 is 15.8 Å². The number of carbonyl (C=O) groups is 1. The molecule has 0 aliphatic heterocycles. The summed E-state index contributed by atoms with van der Waals surface area (Å²) in [5.74, 6) is 0.194. The molecule has 1 aromatic rings. The number of ketones is 1. The van der Waals surface area contributed by atoms with Crippen molar-refractivity contribution in [2.75, 3.05) is 14.1 Å². The highest BCUT2D eigenvalue weighted by atomic mass is 32.2. The van der Waals surface area contributed by atoms with E-state index in [4.69, 9.17) is 4.42 Å². The molecule has 0 N–H and O–H groups in total. The van der Waals surface area contributed by atoms with Crippen LogP contribution >= 0.6 is 0 Å². The van der Waals surface area contributed by atoms with E-state index in [2.05, 4.69) is 0 Å². The average Bonchev–Trinajstić information content (AvgIpc) is 2.58. The van der Waals surface area contributed by atoms with Gasteiger partial charge in [-0.1, -0.05) is 20.8 Å². The Morgan fingerprint density at radius 1 is 1.28 bits per heavy atom. The lowest BCUT2D eigenvalue weighted by Gasteiger charge is -2.15. The van der Waals surface area contributed by atoms with Gasteiger partial charge in [0.25, 0.3) is 10.0 Å². The number of aryl methyl sites for hydroxylation is 1. The molecule has 18 heavy (non-hydrogen) atoms. The highest BCUT2D eigenvalue weighted by Crippen LogP contribution is 2.27. The van der Waals surface area contributed by atoms with E-state index in [0.29, 0.717) is 11.3 Å². The predicted molar refractivity (Wildman–Crippen MR) is 68.1 cm³/mol. The third kappa shape index (κ3) is 2.64. The second-order valence-electron chi connectivity index (χ2n) is 5.40. The maximum Gasteiger partial charge on any atom is 0.275 e. The van der Waals surface area contributed by atoms with Crippen LogP contribution in [0.25, 0.3) is 0 Å². The fourth-order valence-corrected chi connectivity index (χ4v) is 2.25. The summed E-state index contributed by atoms with van der Waals surface area (Å²) in [6.45, 7) is 6.93. The molecule has 1 aromatic heterocycles. The number of Topliss-reactive ketones (excluding diaryl/α,β-unsaturated/α-hetero) is 1. The molecule has 5 nitrogen and oxygen atoms in total. The lowest BCUT2D eigenvalue weighted by Crippen LogP contribution is -2.22. The Morgan fingerprint density at radius 3 is 2.17 bits per heavy atom. The maximum absolute atomic E-state index is 12.1. The van der Waals surface area contributed by atoms with Gasteiger partial charge in [-0.05, 0) is 6.92 Å². The van der Waals surface area contributed by atoms with Gasteiger partial charge in [-0.15, -0.1) is 0 Å². The van der Waals surface area contributed by atoms with Gasteiger partial charge in [-0.2, -0.15) is 0 Å². The largest absolute Gasteiger partial charge is 0.448 e. The molecule has 0 aliphatic carbocycles. The fourth-order valence-electron chi connectivity index (χ4n) is 1.39. The van der Waals surface area contributed by atoms with E-state index in [1.807, 2.05) is 0 Å². The molecule has 0 aliphatic rings. The van der Waals surface area contributed by atoms with Crippen LogP contribution in [0.4, 0.5) is 0 Å². The van der Waals surface area contributed by atoms with E-state index in [1.54, 1.807) is 27.7 Å². The Labute approximate surface area is 108 Å². The molecule has 1 rings (SSSR count). The van der Waals surface area contributed by atoms with Crippen LogP contribution in [0.1, 0.15) is 36.9 Å². The maximum atomic E-state index is 12.1. The predicted octanol–water partition coefficient (Wildman–Crippen LogP) is 2.07. The molecule has 1 heterocycles. The van der Waals surface area contributed by atoms with Gasteiger partial charge in [0, 0.05) is 25.6 Å². The standard InChI is InChI=1S/C12H19NO4S/c1-8-9(11(14)12(2,3)4)7-10(17-8)18(15,16)13(5)6/h7H,1-6H3. The van der Waals surface area contributed by atoms with Gasteiger partial charge >= 0.3 is 0 Å². The van der Waals surface area contributed by atoms with Crippen molar-refractivity contribution in [2.45, 2.75) is 32.8 Å². The first-order valence-corrected chi connectivity index (χ1v) is 6.99. The first kappa shape index (κ1) is 14.9. The van der Waals surface area contributed by atoms with Crippen LogP contribution in [0.3, 0.4) is 0 Å². The van der Waals surface area contributed by atoms with Gasteiger partial charge in [0.2, 0.25) is 5.09 Å². The Hall–Kier alpha value is -1.14. The Morgan fingerprint density at radius 2 is 1.78 bits per heavy atom. The second-order valence-corrected chi connectivity index (χ2v) is 7.48. The molecule has 0 amide bonds. The Bertz CT molecular complexity index is 561. The molecule has 0 radical (unpaired) electrons. The van der Waals surface area contributed by atoms with Crippen LogP contribution < -0.4 is 0 Å². The number of hydrogen-bond acceptors (Lipinski definition) is 4. The number of hydrogen-bond donors (Lipinski definition) is 0. The first-order valence-electron chi connectivity index (χ1n) is 5.55. The van der Waals surface area contributed by atoms with E-state index >= 15 is 0 Å². The molecule has 0 unspecified atom stereocenters. The minimum absolute atomic E-state index is 0.135. The van der Waals surface area contributed by atoms with Gasteiger partial charge in [-0.25, -0.2) is 12.7 Å². The molecular formula is C12H19NO4S. The zero-order chi connectivity index (χ0) is 14.3. The average molecular weight is 273 g/mol. The van der Waals surface area contributed by atoms with Crippen molar-refractivity contribution in [3.63, 3.8) is 0 Å². The minimum atomic E-state index is -3.64. The smallest absolute Gasteiger partial charge is 0.275 e. The van der Waals surface area contributed by atoms with E-state index < -0.39 is 15.4 Å². The zero-order valence-electron chi connectivity index (χ0n) is 11.6. The van der Waals surface area contributed by atoms with Crippen LogP contribution in [0.2, 0.25) is 0 Å². The lowest BCUT2D eigenvalue weighted by molar-refractivity contribution is 0.0856. The summed E-state index contributed by atoms with van der Waals surface area (Å²) < 4.78 is 30.0. The quantitative estimate of drug-likeness (QED) is 0.791. The third-order valence-electron chi connectivity index (χ3n) is 2.56. The molecule has 0 aromatic carbocycles. The first-order chi connectivity index (χ1) is 7.98.